The number of hydrogen-bond acceptors (Lipinski definition) is 7. The van der Waals surface area contributed by atoms with Gasteiger partial charge in [-0.15, -0.1) is 0 Å². The molecule has 38 heavy (non-hydrogen) atoms. The van der Waals surface area contributed by atoms with Gasteiger partial charge in [0.15, 0.2) is 16.9 Å². The molecule has 2 aliphatic rings. The first-order valence-corrected chi connectivity index (χ1v) is 13.5. The van der Waals surface area contributed by atoms with E-state index in [9.17, 15) is 9.59 Å². The molecule has 3 aromatic rings. The standard InChI is InChI=1S/C30H36N2O6/c1-4-36-25-19-21(9-10-24(25)37-16-11-20(2)3)27-26-28(33)22-7-5-6-8-23(22)38-29(26)30(34)32(27)13-12-31-14-17-35-18-15-31/h5-10,19-20,27H,4,11-18H2,1-3H3. The average Bonchev–Trinajstić information content (AvgIpc) is 3.20. The van der Waals surface area contributed by atoms with Gasteiger partial charge in [-0.3, -0.25) is 14.5 Å². The molecule has 1 fully saturated rings. The zero-order chi connectivity index (χ0) is 26.6. The van der Waals surface area contributed by atoms with Gasteiger partial charge in [0.2, 0.25) is 5.76 Å². The highest BCUT2D eigenvalue weighted by molar-refractivity contribution is 5.99. The maximum absolute atomic E-state index is 13.8. The lowest BCUT2D eigenvalue weighted by atomic mass is 9.98. The Kier molecular flexibility index (Phi) is 8.00. The number of amides is 1. The molecule has 0 N–H and O–H groups in total. The van der Waals surface area contributed by atoms with E-state index in [4.69, 9.17) is 18.6 Å². The Labute approximate surface area is 223 Å². The average molecular weight is 521 g/mol. The molecule has 0 radical (unpaired) electrons. The van der Waals surface area contributed by atoms with E-state index in [1.165, 1.54) is 0 Å². The summed E-state index contributed by atoms with van der Waals surface area (Å²) >= 11 is 0. The van der Waals surface area contributed by atoms with Crippen LogP contribution < -0.4 is 14.9 Å². The summed E-state index contributed by atoms with van der Waals surface area (Å²) in [6, 6.07) is 12.2. The van der Waals surface area contributed by atoms with Gasteiger partial charge in [0.05, 0.1) is 43.4 Å². The molecule has 1 atom stereocenters. The van der Waals surface area contributed by atoms with Gasteiger partial charge in [0.25, 0.3) is 5.91 Å². The number of benzene rings is 2. The van der Waals surface area contributed by atoms with E-state index < -0.39 is 6.04 Å². The van der Waals surface area contributed by atoms with E-state index in [2.05, 4.69) is 18.7 Å². The van der Waals surface area contributed by atoms with Gasteiger partial charge in [0.1, 0.15) is 5.58 Å². The molecule has 1 aromatic heterocycles. The highest BCUT2D eigenvalue weighted by atomic mass is 16.5. The third-order valence-electron chi connectivity index (χ3n) is 7.17. The topological polar surface area (TPSA) is 81.5 Å². The molecule has 8 nitrogen and oxygen atoms in total. The molecule has 8 heteroatoms. The number of fused-ring (bicyclic) bond motifs is 2. The molecule has 1 unspecified atom stereocenters. The Balaban J connectivity index is 1.55. The van der Waals surface area contributed by atoms with Crippen molar-refractivity contribution in [2.24, 2.45) is 5.92 Å². The lowest BCUT2D eigenvalue weighted by Gasteiger charge is -2.31. The fourth-order valence-corrected chi connectivity index (χ4v) is 5.11. The first-order chi connectivity index (χ1) is 18.5. The summed E-state index contributed by atoms with van der Waals surface area (Å²) < 4.78 is 23.5. The van der Waals surface area contributed by atoms with Gasteiger partial charge in [-0.25, -0.2) is 0 Å². The monoisotopic (exact) mass is 520 g/mol. The minimum atomic E-state index is -0.580. The fraction of sp³-hybridized carbons (Fsp3) is 0.467. The fourth-order valence-electron chi connectivity index (χ4n) is 5.11. The van der Waals surface area contributed by atoms with Gasteiger partial charge < -0.3 is 23.5 Å². The van der Waals surface area contributed by atoms with Crippen molar-refractivity contribution in [2.75, 3.05) is 52.6 Å². The summed E-state index contributed by atoms with van der Waals surface area (Å²) in [5, 5.41) is 0.470. The van der Waals surface area contributed by atoms with Crippen molar-refractivity contribution in [3.63, 3.8) is 0 Å². The zero-order valence-electron chi connectivity index (χ0n) is 22.4. The molecule has 0 saturated carbocycles. The maximum atomic E-state index is 13.8. The molecule has 5 rings (SSSR count). The van der Waals surface area contributed by atoms with Crippen LogP contribution in [0.5, 0.6) is 11.5 Å². The number of hydrogen-bond donors (Lipinski definition) is 0. The van der Waals surface area contributed by atoms with Crippen molar-refractivity contribution in [2.45, 2.75) is 33.2 Å². The van der Waals surface area contributed by atoms with Gasteiger partial charge in [-0.1, -0.05) is 32.0 Å². The molecular weight excluding hydrogens is 484 g/mol. The second kappa shape index (κ2) is 11.6. The molecule has 3 heterocycles. The van der Waals surface area contributed by atoms with Crippen LogP contribution >= 0.6 is 0 Å². The molecule has 1 amide bonds. The number of carbonyl (C=O) groups is 1. The predicted molar refractivity (Wildman–Crippen MR) is 145 cm³/mol. The summed E-state index contributed by atoms with van der Waals surface area (Å²) in [7, 11) is 0. The van der Waals surface area contributed by atoms with Crippen LogP contribution in [0.25, 0.3) is 11.0 Å². The van der Waals surface area contributed by atoms with Crippen molar-refractivity contribution >= 4 is 16.9 Å². The minimum Gasteiger partial charge on any atom is -0.490 e. The zero-order valence-corrected chi connectivity index (χ0v) is 22.4. The van der Waals surface area contributed by atoms with Crippen molar-refractivity contribution < 1.29 is 23.4 Å². The lowest BCUT2D eigenvalue weighted by molar-refractivity contribution is 0.0314. The summed E-state index contributed by atoms with van der Waals surface area (Å²) in [6.07, 6.45) is 0.932. The van der Waals surface area contributed by atoms with Crippen molar-refractivity contribution in [1.29, 1.82) is 0 Å². The highest BCUT2D eigenvalue weighted by Crippen LogP contribution is 2.41. The molecule has 202 valence electrons. The number of carbonyl (C=O) groups excluding carboxylic acids is 1. The molecule has 0 spiro atoms. The van der Waals surface area contributed by atoms with E-state index in [1.54, 1.807) is 23.1 Å². The van der Waals surface area contributed by atoms with Crippen molar-refractivity contribution in [3.05, 3.63) is 69.6 Å². The lowest BCUT2D eigenvalue weighted by Crippen LogP contribution is -2.42. The van der Waals surface area contributed by atoms with Gasteiger partial charge in [-0.2, -0.15) is 0 Å². The van der Waals surface area contributed by atoms with Crippen LogP contribution in [0, 0.1) is 5.92 Å². The maximum Gasteiger partial charge on any atom is 0.290 e. The molecule has 0 bridgehead atoms. The normalized spacial score (nSPS) is 17.8. The summed E-state index contributed by atoms with van der Waals surface area (Å²) in [5.41, 5.74) is 1.42. The number of ether oxygens (including phenoxy) is 3. The molecule has 0 aliphatic carbocycles. The Morgan fingerprint density at radius 1 is 1.00 bits per heavy atom. The summed E-state index contributed by atoms with van der Waals surface area (Å²) in [4.78, 5) is 31.5. The van der Waals surface area contributed by atoms with Crippen LogP contribution in [0.4, 0.5) is 0 Å². The van der Waals surface area contributed by atoms with Crippen LogP contribution in [-0.4, -0.2) is 68.3 Å². The summed E-state index contributed by atoms with van der Waals surface area (Å²) in [5.74, 6) is 1.64. The molecular formula is C30H36N2O6. The number of para-hydroxylation sites is 1. The van der Waals surface area contributed by atoms with Gasteiger partial charge >= 0.3 is 0 Å². The van der Waals surface area contributed by atoms with Crippen LogP contribution in [0.3, 0.4) is 0 Å². The summed E-state index contributed by atoms with van der Waals surface area (Å²) in [6.45, 7) is 11.4. The Bertz CT molecular complexity index is 1340. The van der Waals surface area contributed by atoms with E-state index in [0.29, 0.717) is 73.5 Å². The molecule has 1 saturated heterocycles. The minimum absolute atomic E-state index is 0.121. The largest absolute Gasteiger partial charge is 0.490 e. The van der Waals surface area contributed by atoms with Gasteiger partial charge in [0, 0.05) is 26.2 Å². The SMILES string of the molecule is CCOc1cc(C2c3c(oc4ccccc4c3=O)C(=O)N2CCN2CCOCC2)ccc1OCCC(C)C. The third-order valence-corrected chi connectivity index (χ3v) is 7.17. The van der Waals surface area contributed by atoms with E-state index in [0.717, 1.165) is 25.1 Å². The van der Waals surface area contributed by atoms with E-state index >= 15 is 0 Å². The second-order valence-electron chi connectivity index (χ2n) is 10.2. The number of nitrogens with zero attached hydrogens (tertiary/aromatic N) is 2. The van der Waals surface area contributed by atoms with E-state index in [-0.39, 0.29) is 17.1 Å². The first-order valence-electron chi connectivity index (χ1n) is 13.5. The quantitative estimate of drug-likeness (QED) is 0.390. The smallest absolute Gasteiger partial charge is 0.290 e. The van der Waals surface area contributed by atoms with Crippen LogP contribution in [0.15, 0.2) is 51.7 Å². The van der Waals surface area contributed by atoms with Crippen LogP contribution in [-0.2, 0) is 4.74 Å². The molecule has 2 aromatic carbocycles. The number of rotatable bonds is 10. The highest BCUT2D eigenvalue weighted by Gasteiger charge is 2.43. The third kappa shape index (κ3) is 5.28. The van der Waals surface area contributed by atoms with E-state index in [1.807, 2.05) is 31.2 Å². The van der Waals surface area contributed by atoms with Gasteiger partial charge in [-0.05, 0) is 49.1 Å². The van der Waals surface area contributed by atoms with Crippen molar-refractivity contribution in [1.82, 2.24) is 9.80 Å². The molecule has 2 aliphatic heterocycles. The van der Waals surface area contributed by atoms with Crippen LogP contribution in [0.1, 0.15) is 54.9 Å². The Hall–Kier alpha value is -3.36. The van der Waals surface area contributed by atoms with Crippen LogP contribution in [0.2, 0.25) is 0 Å². The number of morpholine rings is 1. The van der Waals surface area contributed by atoms with Crippen molar-refractivity contribution in [3.8, 4) is 11.5 Å². The second-order valence-corrected chi connectivity index (χ2v) is 10.2. The first kappa shape index (κ1) is 26.3. The predicted octanol–water partition coefficient (Wildman–Crippen LogP) is 4.49. The Morgan fingerprint density at radius 3 is 2.55 bits per heavy atom. The Morgan fingerprint density at radius 2 is 1.79 bits per heavy atom.